The number of nitrogens with zero attached hydrogens (tertiary/aromatic N) is 3. The van der Waals surface area contributed by atoms with Crippen molar-refractivity contribution in [3.63, 3.8) is 0 Å². The maximum Gasteiger partial charge on any atom is 0.420 e. The van der Waals surface area contributed by atoms with Gasteiger partial charge >= 0.3 is 5.76 Å². The van der Waals surface area contributed by atoms with Crippen molar-refractivity contribution < 1.29 is 14.1 Å². The second-order valence-corrected chi connectivity index (χ2v) is 5.88. The van der Waals surface area contributed by atoms with Gasteiger partial charge in [-0.1, -0.05) is 0 Å². The van der Waals surface area contributed by atoms with Crippen LogP contribution in [0.3, 0.4) is 0 Å². The Morgan fingerprint density at radius 1 is 1.25 bits per heavy atom. The molecule has 2 aromatic carbocycles. The Balaban J connectivity index is 1.61. The number of carbonyl (C=O) groups excluding carboxylic acids is 1. The number of carbonyl (C=O) groups is 1. The van der Waals surface area contributed by atoms with Crippen LogP contribution in [0.15, 0.2) is 56.7 Å². The molecule has 11 heteroatoms. The average molecular weight is 381 g/mol. The predicted octanol–water partition coefficient (Wildman–Crippen LogP) is 1.38. The number of hydrogen-bond acceptors (Lipinski definition) is 7. The normalized spacial score (nSPS) is 11.0. The predicted molar refractivity (Wildman–Crippen MR) is 98.1 cm³/mol. The lowest BCUT2D eigenvalue weighted by Gasteiger charge is -2.06. The van der Waals surface area contributed by atoms with Crippen LogP contribution < -0.4 is 16.6 Å². The van der Waals surface area contributed by atoms with Crippen molar-refractivity contribution in [3.05, 3.63) is 73.7 Å². The lowest BCUT2D eigenvalue weighted by Crippen LogP contribution is -2.24. The van der Waals surface area contributed by atoms with Gasteiger partial charge in [-0.05, 0) is 24.3 Å². The summed E-state index contributed by atoms with van der Waals surface area (Å²) < 4.78 is 6.04. The number of nitro groups is 1. The molecule has 2 N–H and O–H groups in total. The van der Waals surface area contributed by atoms with E-state index in [0.29, 0.717) is 16.6 Å². The molecule has 4 rings (SSSR count). The molecule has 1 amide bonds. The Morgan fingerprint density at radius 3 is 2.86 bits per heavy atom. The Morgan fingerprint density at radius 2 is 2.07 bits per heavy atom. The van der Waals surface area contributed by atoms with Gasteiger partial charge in [0.1, 0.15) is 6.54 Å². The zero-order valence-corrected chi connectivity index (χ0v) is 14.0. The van der Waals surface area contributed by atoms with Crippen molar-refractivity contribution in [1.82, 2.24) is 14.5 Å². The molecule has 0 aliphatic heterocycles. The maximum absolute atomic E-state index is 12.3. The molecule has 0 saturated carbocycles. The lowest BCUT2D eigenvalue weighted by atomic mass is 10.2. The maximum atomic E-state index is 12.3. The average Bonchev–Trinajstić information content (AvgIpc) is 2.97. The summed E-state index contributed by atoms with van der Waals surface area (Å²) >= 11 is 0. The molecular weight excluding hydrogens is 370 g/mol. The van der Waals surface area contributed by atoms with Gasteiger partial charge < -0.3 is 14.7 Å². The van der Waals surface area contributed by atoms with E-state index in [1.165, 1.54) is 24.5 Å². The number of aromatic amines is 1. The fourth-order valence-electron chi connectivity index (χ4n) is 2.81. The number of amides is 1. The van der Waals surface area contributed by atoms with E-state index in [0.717, 1.165) is 10.6 Å². The van der Waals surface area contributed by atoms with Gasteiger partial charge in [-0.25, -0.2) is 9.78 Å². The fourth-order valence-corrected chi connectivity index (χ4v) is 2.81. The van der Waals surface area contributed by atoms with Crippen molar-refractivity contribution in [1.29, 1.82) is 0 Å². The summed E-state index contributed by atoms with van der Waals surface area (Å²) in [6.07, 6.45) is 1.28. The summed E-state index contributed by atoms with van der Waals surface area (Å²) in [6.45, 7) is -0.370. The topological polar surface area (TPSA) is 153 Å². The first kappa shape index (κ1) is 17.1. The molecule has 4 aromatic rings. The molecule has 11 nitrogen and oxygen atoms in total. The van der Waals surface area contributed by atoms with Gasteiger partial charge in [0, 0.05) is 11.8 Å². The number of anilines is 1. The number of rotatable bonds is 4. The standard InChI is InChI=1S/C17H11N5O6/c23-15(20-9-1-3-12-11(5-9)16(24)19-8-18-12)7-21-13-4-2-10(22(26)27)6-14(13)28-17(21)25/h1-6,8H,7H2,(H,20,23)(H,18,19,24). The van der Waals surface area contributed by atoms with E-state index in [4.69, 9.17) is 4.42 Å². The number of nitro benzene ring substituents is 1. The van der Waals surface area contributed by atoms with Crippen molar-refractivity contribution in [3.8, 4) is 0 Å². The van der Waals surface area contributed by atoms with Gasteiger partial charge in [-0.2, -0.15) is 0 Å². The Bertz CT molecular complexity index is 1370. The molecule has 2 heterocycles. The Hall–Kier alpha value is -4.28. The number of hydrogen-bond donors (Lipinski definition) is 2. The van der Waals surface area contributed by atoms with Crippen molar-refractivity contribution >= 4 is 39.3 Å². The molecule has 0 aliphatic carbocycles. The van der Waals surface area contributed by atoms with Crippen LogP contribution in [0.5, 0.6) is 0 Å². The highest BCUT2D eigenvalue weighted by Crippen LogP contribution is 2.20. The molecule has 0 bridgehead atoms. The number of H-pyrrole nitrogens is 1. The monoisotopic (exact) mass is 381 g/mol. The molecule has 2 aromatic heterocycles. The quantitative estimate of drug-likeness (QED) is 0.400. The number of oxazole rings is 1. The van der Waals surface area contributed by atoms with E-state index in [1.54, 1.807) is 12.1 Å². The van der Waals surface area contributed by atoms with E-state index in [2.05, 4.69) is 15.3 Å². The van der Waals surface area contributed by atoms with Gasteiger partial charge in [0.2, 0.25) is 5.91 Å². The van der Waals surface area contributed by atoms with Crippen LogP contribution >= 0.6 is 0 Å². The minimum absolute atomic E-state index is 0.00955. The second-order valence-electron chi connectivity index (χ2n) is 5.88. The molecule has 0 aliphatic rings. The van der Waals surface area contributed by atoms with Crippen LogP contribution in [0, 0.1) is 10.1 Å². The van der Waals surface area contributed by atoms with Gasteiger partial charge in [0.15, 0.2) is 5.58 Å². The van der Waals surface area contributed by atoms with Crippen molar-refractivity contribution in [2.24, 2.45) is 0 Å². The third-order valence-corrected chi connectivity index (χ3v) is 4.09. The first-order valence-electron chi connectivity index (χ1n) is 7.97. The van der Waals surface area contributed by atoms with Gasteiger partial charge in [0.25, 0.3) is 11.2 Å². The van der Waals surface area contributed by atoms with Gasteiger partial charge in [-0.15, -0.1) is 0 Å². The second kappa shape index (κ2) is 6.46. The van der Waals surface area contributed by atoms with Crippen LogP contribution in [0.4, 0.5) is 11.4 Å². The van der Waals surface area contributed by atoms with Crippen LogP contribution in [0.25, 0.3) is 22.0 Å². The first-order valence-corrected chi connectivity index (χ1v) is 7.97. The summed E-state index contributed by atoms with van der Waals surface area (Å²) in [4.78, 5) is 52.9. The van der Waals surface area contributed by atoms with E-state index in [9.17, 15) is 24.5 Å². The highest BCUT2D eigenvalue weighted by atomic mass is 16.6. The molecule has 140 valence electrons. The minimum Gasteiger partial charge on any atom is -0.407 e. The summed E-state index contributed by atoms with van der Waals surface area (Å²) in [5.41, 5.74) is 0.515. The highest BCUT2D eigenvalue weighted by Gasteiger charge is 2.16. The molecule has 0 spiro atoms. The largest absolute Gasteiger partial charge is 0.420 e. The Kier molecular flexibility index (Phi) is 3.96. The van der Waals surface area contributed by atoms with Crippen LogP contribution in [-0.2, 0) is 11.3 Å². The number of benzene rings is 2. The number of aromatic nitrogens is 3. The molecule has 0 radical (unpaired) electrons. The molecule has 0 atom stereocenters. The third-order valence-electron chi connectivity index (χ3n) is 4.09. The van der Waals surface area contributed by atoms with Crippen LogP contribution in [-0.4, -0.2) is 25.4 Å². The molecule has 0 saturated heterocycles. The number of fused-ring (bicyclic) bond motifs is 2. The van der Waals surface area contributed by atoms with Crippen molar-refractivity contribution in [2.45, 2.75) is 6.54 Å². The molecule has 0 unspecified atom stereocenters. The van der Waals surface area contributed by atoms with E-state index in [-0.39, 0.29) is 28.9 Å². The third kappa shape index (κ3) is 3.00. The highest BCUT2D eigenvalue weighted by molar-refractivity contribution is 5.94. The van der Waals surface area contributed by atoms with Crippen molar-refractivity contribution in [2.75, 3.05) is 5.32 Å². The van der Waals surface area contributed by atoms with E-state index < -0.39 is 16.6 Å². The fraction of sp³-hybridized carbons (Fsp3) is 0.0588. The minimum atomic E-state index is -0.815. The summed E-state index contributed by atoms with van der Waals surface area (Å²) in [5, 5.41) is 13.7. The zero-order chi connectivity index (χ0) is 19.8. The zero-order valence-electron chi connectivity index (χ0n) is 14.0. The van der Waals surface area contributed by atoms with Gasteiger partial charge in [-0.3, -0.25) is 24.3 Å². The van der Waals surface area contributed by atoms with Crippen LogP contribution in [0.2, 0.25) is 0 Å². The van der Waals surface area contributed by atoms with E-state index >= 15 is 0 Å². The summed E-state index contributed by atoms with van der Waals surface area (Å²) in [5.74, 6) is -1.35. The molecule has 0 fully saturated rings. The van der Waals surface area contributed by atoms with E-state index in [1.807, 2.05) is 0 Å². The lowest BCUT2D eigenvalue weighted by molar-refractivity contribution is -0.384. The smallest absolute Gasteiger partial charge is 0.407 e. The molecule has 28 heavy (non-hydrogen) atoms. The number of non-ortho nitro benzene ring substituents is 1. The number of nitrogens with one attached hydrogen (secondary N) is 2. The Labute approximate surface area is 154 Å². The van der Waals surface area contributed by atoms with Gasteiger partial charge in [0.05, 0.1) is 33.7 Å². The summed E-state index contributed by atoms with van der Waals surface area (Å²) in [6, 6.07) is 8.30. The van der Waals surface area contributed by atoms with Crippen LogP contribution in [0.1, 0.15) is 0 Å². The summed E-state index contributed by atoms with van der Waals surface area (Å²) in [7, 11) is 0. The molecular formula is C17H11N5O6. The SMILES string of the molecule is O=C(Cn1c(=O)oc2cc([N+](=O)[O-])ccc21)Nc1ccc2nc[nH]c(=O)c2c1. The first-order chi connectivity index (χ1) is 13.4.